The average molecular weight is 355 g/mol. The zero-order valence-corrected chi connectivity index (χ0v) is 16.1. The Morgan fingerprint density at radius 1 is 0.923 bits per heavy atom. The number of ketones is 2. The van der Waals surface area contributed by atoms with Crippen molar-refractivity contribution >= 4 is 11.6 Å². The molecule has 0 amide bonds. The summed E-state index contributed by atoms with van der Waals surface area (Å²) in [6.45, 7) is 9.54. The van der Waals surface area contributed by atoms with E-state index in [0.717, 1.165) is 31.0 Å². The lowest BCUT2D eigenvalue weighted by atomic mass is 10.1. The number of benzene rings is 1. The molecule has 0 saturated carbocycles. The van der Waals surface area contributed by atoms with Gasteiger partial charge in [0, 0.05) is 31.0 Å². The van der Waals surface area contributed by atoms with Crippen molar-refractivity contribution in [2.75, 3.05) is 13.1 Å². The molecule has 0 spiro atoms. The fraction of sp³-hybridized carbons (Fsp3) is 0.429. The number of rotatable bonds is 8. The van der Waals surface area contributed by atoms with Gasteiger partial charge in [0.15, 0.2) is 11.6 Å². The first-order valence-corrected chi connectivity index (χ1v) is 9.00. The van der Waals surface area contributed by atoms with E-state index in [-0.39, 0.29) is 23.7 Å². The van der Waals surface area contributed by atoms with E-state index in [1.165, 1.54) is 5.56 Å². The van der Waals surface area contributed by atoms with Crippen LogP contribution in [-0.2, 0) is 16.1 Å². The number of carbonyl (C=O) groups is 2. The number of nitrogens with zero attached hydrogens (tertiary/aromatic N) is 1. The van der Waals surface area contributed by atoms with E-state index < -0.39 is 0 Å². The molecule has 1 unspecified atom stereocenters. The van der Waals surface area contributed by atoms with Crippen molar-refractivity contribution in [2.45, 2.75) is 46.3 Å². The molecule has 2 atom stereocenters. The second-order valence-electron chi connectivity index (χ2n) is 7.06. The molecule has 0 radical (unpaired) electrons. The van der Waals surface area contributed by atoms with Gasteiger partial charge < -0.3 is 10.6 Å². The van der Waals surface area contributed by atoms with Gasteiger partial charge in [0.1, 0.15) is 0 Å². The summed E-state index contributed by atoms with van der Waals surface area (Å²) in [6.07, 6.45) is 3.24. The molecule has 1 fully saturated rings. The second-order valence-corrected chi connectivity index (χ2v) is 7.06. The molecule has 2 N–H and O–H groups in total. The third-order valence-corrected chi connectivity index (χ3v) is 4.31. The maximum Gasteiger partial charge on any atom is 0.154 e. The third kappa shape index (κ3) is 6.48. The highest BCUT2D eigenvalue weighted by Gasteiger charge is 2.32. The smallest absolute Gasteiger partial charge is 0.154 e. The molecule has 1 aromatic carbocycles. The third-order valence-electron chi connectivity index (χ3n) is 4.31. The quantitative estimate of drug-likeness (QED) is 0.701. The van der Waals surface area contributed by atoms with Gasteiger partial charge in [0.25, 0.3) is 0 Å². The molecule has 26 heavy (non-hydrogen) atoms. The Morgan fingerprint density at radius 3 is 1.81 bits per heavy atom. The minimum absolute atomic E-state index is 0.0336. The van der Waals surface area contributed by atoms with Gasteiger partial charge in [-0.1, -0.05) is 30.3 Å². The molecule has 140 valence electrons. The van der Waals surface area contributed by atoms with E-state index in [4.69, 9.17) is 0 Å². The zero-order valence-electron chi connectivity index (χ0n) is 16.1. The topological polar surface area (TPSA) is 61.4 Å². The van der Waals surface area contributed by atoms with Gasteiger partial charge >= 0.3 is 0 Å². The first kappa shape index (κ1) is 19.9. The highest BCUT2D eigenvalue weighted by Crippen LogP contribution is 2.16. The molecule has 0 bridgehead atoms. The minimum Gasteiger partial charge on any atom is -0.382 e. The van der Waals surface area contributed by atoms with Crippen LogP contribution in [0.4, 0.5) is 0 Å². The first-order chi connectivity index (χ1) is 12.3. The van der Waals surface area contributed by atoms with Crippen LogP contribution in [-0.4, -0.2) is 41.6 Å². The normalized spacial score (nSPS) is 21.5. The molecule has 1 aliphatic heterocycles. The number of nitrogens with one attached hydrogen (secondary N) is 2. The summed E-state index contributed by atoms with van der Waals surface area (Å²) in [4.78, 5) is 25.0. The number of hydrogen-bond donors (Lipinski definition) is 2. The molecule has 2 rings (SSSR count). The van der Waals surface area contributed by atoms with E-state index in [2.05, 4.69) is 39.8 Å². The zero-order chi connectivity index (χ0) is 19.1. The Balaban J connectivity index is 2.09. The maximum atomic E-state index is 11.3. The summed E-state index contributed by atoms with van der Waals surface area (Å²) in [5, 5.41) is 6.92. The van der Waals surface area contributed by atoms with Gasteiger partial charge in [0.05, 0.1) is 12.1 Å². The summed E-state index contributed by atoms with van der Waals surface area (Å²) < 4.78 is 0. The maximum absolute atomic E-state index is 11.3. The second kappa shape index (κ2) is 9.34. The molecule has 1 aliphatic rings. The standard InChI is InChI=1S/C21H29N3O2/c1-15(10-17(3)25)22-20-13-24(12-19-8-6-5-7-9-19)14-21(20)23-16(2)11-18(4)26/h5-11,20-23H,12-14H2,1-4H3/t20-,21?/m1/s1. The van der Waals surface area contributed by atoms with Crippen LogP contribution in [0.3, 0.4) is 0 Å². The van der Waals surface area contributed by atoms with Crippen molar-refractivity contribution in [3.05, 3.63) is 59.4 Å². The Hall–Kier alpha value is -2.40. The van der Waals surface area contributed by atoms with Crippen molar-refractivity contribution in [1.82, 2.24) is 15.5 Å². The summed E-state index contributed by atoms with van der Waals surface area (Å²) in [6, 6.07) is 10.7. The molecule has 1 aromatic rings. The lowest BCUT2D eigenvalue weighted by molar-refractivity contribution is -0.113. The monoisotopic (exact) mass is 355 g/mol. The average Bonchev–Trinajstić information content (AvgIpc) is 2.87. The van der Waals surface area contributed by atoms with E-state index in [0.29, 0.717) is 0 Å². The SMILES string of the molecule is CC(=O)C=C(C)NC1CN(Cc2ccccc2)C[C@H]1NC(C)=CC(C)=O. The van der Waals surface area contributed by atoms with Crippen LogP contribution >= 0.6 is 0 Å². The number of allylic oxidation sites excluding steroid dienone is 4. The van der Waals surface area contributed by atoms with Crippen LogP contribution in [0.25, 0.3) is 0 Å². The first-order valence-electron chi connectivity index (χ1n) is 9.00. The lowest BCUT2D eigenvalue weighted by Gasteiger charge is -2.23. The fourth-order valence-corrected chi connectivity index (χ4v) is 3.43. The molecule has 1 saturated heterocycles. The predicted octanol–water partition coefficient (Wildman–Crippen LogP) is 2.40. The highest BCUT2D eigenvalue weighted by atomic mass is 16.1. The minimum atomic E-state index is 0.0336. The van der Waals surface area contributed by atoms with Crippen LogP contribution in [0, 0.1) is 0 Å². The lowest BCUT2D eigenvalue weighted by Crippen LogP contribution is -2.45. The molecule has 5 nitrogen and oxygen atoms in total. The number of likely N-dealkylation sites (tertiary alicyclic amines) is 1. The van der Waals surface area contributed by atoms with E-state index in [9.17, 15) is 9.59 Å². The number of hydrogen-bond acceptors (Lipinski definition) is 5. The van der Waals surface area contributed by atoms with E-state index in [1.54, 1.807) is 26.0 Å². The van der Waals surface area contributed by atoms with Gasteiger partial charge in [-0.2, -0.15) is 0 Å². The summed E-state index contributed by atoms with van der Waals surface area (Å²) >= 11 is 0. The Labute approximate surface area is 156 Å². The van der Waals surface area contributed by atoms with Crippen molar-refractivity contribution < 1.29 is 9.59 Å². The van der Waals surface area contributed by atoms with E-state index >= 15 is 0 Å². The van der Waals surface area contributed by atoms with Crippen molar-refractivity contribution in [3.8, 4) is 0 Å². The van der Waals surface area contributed by atoms with Crippen LogP contribution in [0.2, 0.25) is 0 Å². The Kier molecular flexibility index (Phi) is 7.16. The summed E-state index contributed by atoms with van der Waals surface area (Å²) in [5.74, 6) is 0.0672. The van der Waals surface area contributed by atoms with Crippen molar-refractivity contribution in [1.29, 1.82) is 0 Å². The van der Waals surface area contributed by atoms with Gasteiger partial charge in [0.2, 0.25) is 0 Å². The van der Waals surface area contributed by atoms with E-state index in [1.807, 2.05) is 19.9 Å². The van der Waals surface area contributed by atoms with Crippen molar-refractivity contribution in [2.24, 2.45) is 0 Å². The van der Waals surface area contributed by atoms with Crippen LogP contribution in [0.1, 0.15) is 33.3 Å². The summed E-state index contributed by atoms with van der Waals surface area (Å²) in [7, 11) is 0. The molecular weight excluding hydrogens is 326 g/mol. The van der Waals surface area contributed by atoms with Crippen LogP contribution in [0.5, 0.6) is 0 Å². The molecule has 0 aliphatic carbocycles. The Bertz CT molecular complexity index is 654. The number of carbonyl (C=O) groups excluding carboxylic acids is 2. The largest absolute Gasteiger partial charge is 0.382 e. The predicted molar refractivity (Wildman–Crippen MR) is 104 cm³/mol. The Morgan fingerprint density at radius 2 is 1.38 bits per heavy atom. The van der Waals surface area contributed by atoms with Gasteiger partial charge in [-0.15, -0.1) is 0 Å². The van der Waals surface area contributed by atoms with Crippen molar-refractivity contribution in [3.63, 3.8) is 0 Å². The van der Waals surface area contributed by atoms with Crippen LogP contribution in [0.15, 0.2) is 53.9 Å². The summed E-state index contributed by atoms with van der Waals surface area (Å²) in [5.41, 5.74) is 3.01. The molecule has 0 aromatic heterocycles. The molecule has 5 heteroatoms. The van der Waals surface area contributed by atoms with Gasteiger partial charge in [-0.25, -0.2) is 0 Å². The molecular formula is C21H29N3O2. The van der Waals surface area contributed by atoms with Crippen LogP contribution < -0.4 is 10.6 Å². The van der Waals surface area contributed by atoms with Gasteiger partial charge in [-0.05, 0) is 45.4 Å². The fourth-order valence-electron chi connectivity index (χ4n) is 3.43. The van der Waals surface area contributed by atoms with Gasteiger partial charge in [-0.3, -0.25) is 14.5 Å². The highest BCUT2D eigenvalue weighted by molar-refractivity contribution is 5.88. The molecule has 1 heterocycles.